The number of aliphatic hydroxyl groups excluding tert-OH is 2. The van der Waals surface area contributed by atoms with Gasteiger partial charge in [-0.1, -0.05) is 62.1 Å². The molecule has 2 rings (SSSR count). The van der Waals surface area contributed by atoms with Crippen molar-refractivity contribution in [2.24, 2.45) is 0 Å². The zero-order valence-corrected chi connectivity index (χ0v) is 26.9. The van der Waals surface area contributed by atoms with Gasteiger partial charge in [-0.15, -0.1) is 21.0 Å². The first-order chi connectivity index (χ1) is 18.2. The third-order valence-electron chi connectivity index (χ3n) is 4.94. The van der Waals surface area contributed by atoms with Crippen molar-refractivity contribution < 1.29 is 19.8 Å². The third-order valence-corrected chi connectivity index (χ3v) is 6.69. The summed E-state index contributed by atoms with van der Waals surface area (Å²) in [5.41, 5.74) is 1.25. The van der Waals surface area contributed by atoms with Crippen molar-refractivity contribution in [2.75, 3.05) is 25.9 Å². The molecule has 10 heteroatoms. The van der Waals surface area contributed by atoms with Crippen LogP contribution in [0.25, 0.3) is 0 Å². The Balaban J connectivity index is 0. The average Bonchev–Trinajstić information content (AvgIpc) is 3.47. The number of halogens is 1. The van der Waals surface area contributed by atoms with E-state index in [1.807, 2.05) is 63.6 Å². The van der Waals surface area contributed by atoms with Gasteiger partial charge in [-0.3, -0.25) is 9.59 Å². The quantitative estimate of drug-likeness (QED) is 0.233. The van der Waals surface area contributed by atoms with Crippen LogP contribution in [0, 0.1) is 0 Å². The van der Waals surface area contributed by atoms with Crippen LogP contribution in [-0.4, -0.2) is 65.0 Å². The molecule has 0 radical (unpaired) electrons. The number of hydrogen-bond acceptors (Lipinski definition) is 6. The highest BCUT2D eigenvalue weighted by atomic mass is 35.5. The van der Waals surface area contributed by atoms with Crippen LogP contribution in [-0.2, 0) is 16.0 Å². The zero-order valence-electron chi connectivity index (χ0n) is 23.4. The topological polar surface area (TPSA) is 89.9 Å². The molecule has 1 fully saturated rings. The second-order valence-electron chi connectivity index (χ2n) is 7.71. The second kappa shape index (κ2) is 25.8. The van der Waals surface area contributed by atoms with Crippen molar-refractivity contribution in [3.05, 3.63) is 69.0 Å². The Morgan fingerprint density at radius 2 is 1.84 bits per heavy atom. The fourth-order valence-electron chi connectivity index (χ4n) is 2.85. The Labute approximate surface area is 245 Å². The molecule has 3 atom stereocenters. The molecule has 0 bridgehead atoms. The molecule has 0 aromatic carbocycles. The minimum absolute atomic E-state index is 0.227. The molecule has 38 heavy (non-hydrogen) atoms. The van der Waals surface area contributed by atoms with Crippen LogP contribution in [0.3, 0.4) is 0 Å². The Kier molecular flexibility index (Phi) is 26.3. The molecular weight excluding hydrogens is 559 g/mol. The molecule has 3 unspecified atom stereocenters. The van der Waals surface area contributed by atoms with Gasteiger partial charge in [-0.05, 0) is 68.2 Å². The number of allylic oxidation sites excluding steroid dienone is 5. The molecule has 1 aromatic rings. The van der Waals surface area contributed by atoms with E-state index in [0.717, 1.165) is 35.6 Å². The van der Waals surface area contributed by atoms with Crippen molar-refractivity contribution in [1.82, 2.24) is 10.2 Å². The number of carbonyl (C=O) groups is 2. The van der Waals surface area contributed by atoms with E-state index in [4.69, 9.17) is 11.6 Å². The van der Waals surface area contributed by atoms with Crippen LogP contribution >= 0.6 is 43.9 Å². The van der Waals surface area contributed by atoms with Gasteiger partial charge in [0.15, 0.2) is 12.2 Å². The molecular formula is C28H46ClN2O4PS2. The number of piperidine rings is 1. The summed E-state index contributed by atoms with van der Waals surface area (Å²) in [4.78, 5) is 26.8. The monoisotopic (exact) mass is 604 g/mol. The van der Waals surface area contributed by atoms with Crippen LogP contribution in [0.4, 0.5) is 0 Å². The van der Waals surface area contributed by atoms with Gasteiger partial charge in [-0.2, -0.15) is 11.3 Å². The fraction of sp³-hybridized carbons (Fsp3) is 0.500. The fourth-order valence-corrected chi connectivity index (χ4v) is 3.96. The Morgan fingerprint density at radius 3 is 2.32 bits per heavy atom. The summed E-state index contributed by atoms with van der Waals surface area (Å²) in [7, 11) is 2.34. The van der Waals surface area contributed by atoms with E-state index in [0.29, 0.717) is 13.1 Å². The molecule has 6 nitrogen and oxygen atoms in total. The molecule has 0 aliphatic carbocycles. The van der Waals surface area contributed by atoms with Crippen molar-refractivity contribution >= 4 is 55.8 Å². The second-order valence-corrected chi connectivity index (χ2v) is 10.5. The molecule has 1 saturated heterocycles. The van der Waals surface area contributed by atoms with E-state index in [9.17, 15) is 19.8 Å². The van der Waals surface area contributed by atoms with Gasteiger partial charge in [0.05, 0.1) is 0 Å². The first-order valence-electron chi connectivity index (χ1n) is 12.7. The maximum Gasteiger partial charge on any atom is 0.254 e. The summed E-state index contributed by atoms with van der Waals surface area (Å²) in [6.07, 6.45) is 9.77. The molecule has 3 N–H and O–H groups in total. The van der Waals surface area contributed by atoms with Gasteiger partial charge in [0.1, 0.15) is 0 Å². The molecule has 1 aliphatic heterocycles. The number of rotatable bonds is 9. The third kappa shape index (κ3) is 18.8. The predicted octanol–water partition coefficient (Wildman–Crippen LogP) is 6.12. The summed E-state index contributed by atoms with van der Waals surface area (Å²) in [5.74, 6) is 0.333. The van der Waals surface area contributed by atoms with Crippen LogP contribution in [0.1, 0.15) is 52.5 Å². The number of thiophene rings is 1. The van der Waals surface area contributed by atoms with E-state index in [-0.39, 0.29) is 6.54 Å². The minimum Gasteiger partial charge on any atom is -0.380 e. The summed E-state index contributed by atoms with van der Waals surface area (Å²) < 4.78 is 0. The number of carbonyl (C=O) groups excluding carboxylic acids is 2. The van der Waals surface area contributed by atoms with E-state index in [1.54, 1.807) is 17.2 Å². The molecule has 1 aromatic heterocycles. The lowest BCUT2D eigenvalue weighted by Gasteiger charge is -2.29. The minimum atomic E-state index is -1.77. The first-order valence-corrected chi connectivity index (χ1v) is 15.9. The van der Waals surface area contributed by atoms with Crippen molar-refractivity contribution in [3.8, 4) is 0 Å². The van der Waals surface area contributed by atoms with Crippen molar-refractivity contribution in [3.63, 3.8) is 0 Å². The smallest absolute Gasteiger partial charge is 0.254 e. The standard InChI is InChI=1S/C20H28N2O4S2.C4H7Cl.C2H5P.C2H6/c1-27-16(8-4-3-7-15-9-12-28-14-15)13-21-19(25)17(23)18(24)20(26)22-10-5-2-6-11-22;1-3-4(2)5;1-2-3;1-2/h3-4,8-9,12,14,17-18,23-24H,2,5-7,10-11,13H2,1H3,(H,21,25);3H,1-2H3;2H,1,3H2;1-2H3/b4-3+,16-8-;4-3+;;. The van der Waals surface area contributed by atoms with Gasteiger partial charge in [-0.25, -0.2) is 0 Å². The van der Waals surface area contributed by atoms with Gasteiger partial charge >= 0.3 is 0 Å². The van der Waals surface area contributed by atoms with Gasteiger partial charge < -0.3 is 20.4 Å². The van der Waals surface area contributed by atoms with Crippen LogP contribution in [0.5, 0.6) is 0 Å². The molecule has 216 valence electrons. The Hall–Kier alpha value is -1.41. The summed E-state index contributed by atoms with van der Waals surface area (Å²) in [5, 5.41) is 27.7. The highest BCUT2D eigenvalue weighted by molar-refractivity contribution is 8.02. The maximum atomic E-state index is 12.2. The van der Waals surface area contributed by atoms with Crippen LogP contribution < -0.4 is 5.32 Å². The molecule has 1 aliphatic rings. The number of nitrogens with zero attached hydrogens (tertiary/aromatic N) is 1. The van der Waals surface area contributed by atoms with Crippen LogP contribution in [0.15, 0.2) is 63.5 Å². The maximum absolute atomic E-state index is 12.2. The lowest BCUT2D eigenvalue weighted by molar-refractivity contribution is -0.153. The highest BCUT2D eigenvalue weighted by Gasteiger charge is 2.33. The van der Waals surface area contributed by atoms with E-state index < -0.39 is 24.0 Å². The molecule has 0 saturated carbocycles. The number of nitrogens with one attached hydrogen (secondary N) is 1. The molecule has 2 heterocycles. The summed E-state index contributed by atoms with van der Waals surface area (Å²) in [6.45, 7) is 12.4. The van der Waals surface area contributed by atoms with E-state index in [2.05, 4.69) is 32.6 Å². The lowest BCUT2D eigenvalue weighted by Crippen LogP contribution is -2.51. The van der Waals surface area contributed by atoms with Gasteiger partial charge in [0, 0.05) is 29.6 Å². The van der Waals surface area contributed by atoms with Crippen molar-refractivity contribution in [2.45, 2.75) is 65.6 Å². The normalized spacial score (nSPS) is 15.0. The highest BCUT2D eigenvalue weighted by Crippen LogP contribution is 2.13. The summed E-state index contributed by atoms with van der Waals surface area (Å²) >= 11 is 8.47. The molecule has 2 amide bonds. The summed E-state index contributed by atoms with van der Waals surface area (Å²) in [6, 6.07) is 2.08. The number of amides is 2. The SMILES string of the molecule is C/C=C(\C)Cl.C=CP.CC.CS/C(=C\C=C\Cc1ccsc1)CNC(=O)C(O)C(O)C(=O)N1CCCCC1. The number of likely N-dealkylation sites (tertiary alicyclic amines) is 1. The predicted molar refractivity (Wildman–Crippen MR) is 171 cm³/mol. The van der Waals surface area contributed by atoms with E-state index >= 15 is 0 Å². The molecule has 0 spiro atoms. The first kappa shape index (κ1) is 38.7. The number of aliphatic hydroxyl groups is 2. The number of hydrogen-bond donors (Lipinski definition) is 3. The van der Waals surface area contributed by atoms with Crippen LogP contribution in [0.2, 0.25) is 0 Å². The zero-order chi connectivity index (χ0) is 29.3. The van der Waals surface area contributed by atoms with Gasteiger partial charge in [0.25, 0.3) is 11.8 Å². The Morgan fingerprint density at radius 1 is 1.26 bits per heavy atom. The average molecular weight is 605 g/mol. The largest absolute Gasteiger partial charge is 0.380 e. The Bertz CT molecular complexity index is 851. The van der Waals surface area contributed by atoms with Crippen molar-refractivity contribution in [1.29, 1.82) is 0 Å². The lowest BCUT2D eigenvalue weighted by atomic mass is 10.1. The number of thioether (sulfide) groups is 1. The van der Waals surface area contributed by atoms with Gasteiger partial charge in [0.2, 0.25) is 0 Å². The van der Waals surface area contributed by atoms with E-state index in [1.165, 1.54) is 22.2 Å².